The number of aromatic carboxylic acids is 1. The molecule has 5 heteroatoms. The molecule has 0 atom stereocenters. The maximum atomic E-state index is 10.6. The highest BCUT2D eigenvalue weighted by Crippen LogP contribution is 2.05. The molecule has 0 aliphatic rings. The Morgan fingerprint density at radius 3 is 2.28 bits per heavy atom. The molecule has 0 aliphatic heterocycles. The summed E-state index contributed by atoms with van der Waals surface area (Å²) in [6.45, 7) is 4.08. The van der Waals surface area contributed by atoms with Gasteiger partial charge in [0, 0.05) is 18.3 Å². The van der Waals surface area contributed by atoms with Crippen LogP contribution in [0.2, 0.25) is 0 Å². The normalized spacial score (nSPS) is 10.2. The Hall–Kier alpha value is -2.56. The molecule has 0 radical (unpaired) electrons. The topological polar surface area (TPSA) is 86.6 Å². The Morgan fingerprint density at radius 1 is 1.17 bits per heavy atom. The van der Waals surface area contributed by atoms with Crippen molar-refractivity contribution in [3.05, 3.63) is 59.8 Å². The van der Waals surface area contributed by atoms with Crippen LogP contribution >= 0.6 is 0 Å². The molecule has 5 nitrogen and oxygen atoms in total. The van der Waals surface area contributed by atoms with Crippen molar-refractivity contribution >= 4 is 11.9 Å². The zero-order valence-corrected chi connectivity index (χ0v) is 9.59. The lowest BCUT2D eigenvalue weighted by molar-refractivity contribution is -0.131. The number of carboxylic acids is 2. The summed E-state index contributed by atoms with van der Waals surface area (Å²) in [4.78, 5) is 20.9. The summed E-state index contributed by atoms with van der Waals surface area (Å²) in [5.41, 5.74) is 1.58. The SMILES string of the molecule is C=C(/C=C\C(=O)O)NCc1ccc(C(=O)O)cc1. The van der Waals surface area contributed by atoms with Gasteiger partial charge in [0.15, 0.2) is 0 Å². The molecular weight excluding hydrogens is 234 g/mol. The van der Waals surface area contributed by atoms with Crippen molar-refractivity contribution in [3.8, 4) is 0 Å². The second kappa shape index (κ2) is 6.24. The zero-order chi connectivity index (χ0) is 13.5. The summed E-state index contributed by atoms with van der Waals surface area (Å²) < 4.78 is 0. The second-order valence-corrected chi connectivity index (χ2v) is 3.55. The van der Waals surface area contributed by atoms with Gasteiger partial charge in [0.2, 0.25) is 0 Å². The Bertz CT molecular complexity index is 488. The van der Waals surface area contributed by atoms with E-state index in [0.29, 0.717) is 12.2 Å². The lowest BCUT2D eigenvalue weighted by Crippen LogP contribution is -2.10. The maximum Gasteiger partial charge on any atom is 0.335 e. The van der Waals surface area contributed by atoms with E-state index in [0.717, 1.165) is 11.6 Å². The van der Waals surface area contributed by atoms with Gasteiger partial charge in [0.1, 0.15) is 0 Å². The molecule has 0 fully saturated rings. The molecule has 0 aliphatic carbocycles. The smallest absolute Gasteiger partial charge is 0.335 e. The van der Waals surface area contributed by atoms with Crippen molar-refractivity contribution < 1.29 is 19.8 Å². The molecule has 1 aromatic rings. The van der Waals surface area contributed by atoms with E-state index in [2.05, 4.69) is 11.9 Å². The van der Waals surface area contributed by atoms with Crippen molar-refractivity contribution in [1.29, 1.82) is 0 Å². The van der Waals surface area contributed by atoms with Crippen LogP contribution in [0.1, 0.15) is 15.9 Å². The van der Waals surface area contributed by atoms with Gasteiger partial charge in [-0.25, -0.2) is 9.59 Å². The van der Waals surface area contributed by atoms with Crippen LogP contribution in [0, 0.1) is 0 Å². The van der Waals surface area contributed by atoms with Crippen molar-refractivity contribution in [2.45, 2.75) is 6.54 Å². The molecule has 3 N–H and O–H groups in total. The van der Waals surface area contributed by atoms with E-state index in [4.69, 9.17) is 10.2 Å². The van der Waals surface area contributed by atoms with Crippen molar-refractivity contribution in [1.82, 2.24) is 5.32 Å². The minimum Gasteiger partial charge on any atom is -0.478 e. The first-order valence-corrected chi connectivity index (χ1v) is 5.15. The fourth-order valence-corrected chi connectivity index (χ4v) is 1.21. The molecule has 0 amide bonds. The predicted octanol–water partition coefficient (Wildman–Crippen LogP) is 1.63. The Morgan fingerprint density at radius 2 is 1.78 bits per heavy atom. The van der Waals surface area contributed by atoms with Crippen LogP contribution in [0.3, 0.4) is 0 Å². The number of carbonyl (C=O) groups is 2. The summed E-state index contributed by atoms with van der Waals surface area (Å²) >= 11 is 0. The third kappa shape index (κ3) is 4.52. The Labute approximate surface area is 104 Å². The lowest BCUT2D eigenvalue weighted by Gasteiger charge is -2.06. The van der Waals surface area contributed by atoms with E-state index < -0.39 is 11.9 Å². The van der Waals surface area contributed by atoms with E-state index in [-0.39, 0.29) is 5.56 Å². The van der Waals surface area contributed by atoms with E-state index in [1.807, 2.05) is 0 Å². The fraction of sp³-hybridized carbons (Fsp3) is 0.0769. The maximum absolute atomic E-state index is 10.6. The van der Waals surface area contributed by atoms with Crippen LogP contribution in [-0.2, 0) is 11.3 Å². The van der Waals surface area contributed by atoms with Gasteiger partial charge in [-0.05, 0) is 23.8 Å². The molecule has 0 unspecified atom stereocenters. The number of rotatable bonds is 6. The number of allylic oxidation sites excluding steroid dienone is 1. The predicted molar refractivity (Wildman–Crippen MR) is 66.2 cm³/mol. The number of carboxylic acid groups (broad SMARTS) is 2. The number of hydrogen-bond donors (Lipinski definition) is 3. The molecule has 0 aromatic heterocycles. The summed E-state index contributed by atoms with van der Waals surface area (Å²) in [5.74, 6) is -2.01. The molecule has 1 aromatic carbocycles. The van der Waals surface area contributed by atoms with Gasteiger partial charge in [-0.15, -0.1) is 0 Å². The van der Waals surface area contributed by atoms with Crippen LogP contribution < -0.4 is 5.32 Å². The van der Waals surface area contributed by atoms with Gasteiger partial charge in [-0.1, -0.05) is 18.7 Å². The van der Waals surface area contributed by atoms with E-state index in [1.165, 1.54) is 18.2 Å². The molecular formula is C13H13NO4. The molecule has 1 rings (SSSR count). The average Bonchev–Trinajstić information content (AvgIpc) is 2.34. The highest BCUT2D eigenvalue weighted by Gasteiger charge is 2.01. The molecule has 94 valence electrons. The standard InChI is InChI=1S/C13H13NO4/c1-9(2-7-12(15)16)14-8-10-3-5-11(6-4-10)13(17)18/h2-7,14H,1,8H2,(H,15,16)(H,17,18)/b7-2-. The van der Waals surface area contributed by atoms with Gasteiger partial charge < -0.3 is 15.5 Å². The summed E-state index contributed by atoms with van der Waals surface area (Å²) in [6.07, 6.45) is 2.34. The number of hydrogen-bond acceptors (Lipinski definition) is 3. The van der Waals surface area contributed by atoms with Crippen LogP contribution in [0.5, 0.6) is 0 Å². The summed E-state index contributed by atoms with van der Waals surface area (Å²) in [7, 11) is 0. The van der Waals surface area contributed by atoms with Gasteiger partial charge >= 0.3 is 11.9 Å². The largest absolute Gasteiger partial charge is 0.478 e. The molecule has 0 saturated carbocycles. The Kier molecular flexibility index (Phi) is 4.68. The first-order chi connectivity index (χ1) is 8.49. The van der Waals surface area contributed by atoms with Crippen LogP contribution in [0.15, 0.2) is 48.7 Å². The second-order valence-electron chi connectivity index (χ2n) is 3.55. The molecule has 18 heavy (non-hydrogen) atoms. The van der Waals surface area contributed by atoms with Gasteiger partial charge in [-0.3, -0.25) is 0 Å². The first-order valence-electron chi connectivity index (χ1n) is 5.15. The third-order valence-electron chi connectivity index (χ3n) is 2.15. The molecule has 0 saturated heterocycles. The van der Waals surface area contributed by atoms with E-state index in [1.54, 1.807) is 12.1 Å². The monoisotopic (exact) mass is 247 g/mol. The van der Waals surface area contributed by atoms with Crippen LogP contribution in [-0.4, -0.2) is 22.2 Å². The van der Waals surface area contributed by atoms with Gasteiger partial charge in [0.25, 0.3) is 0 Å². The number of nitrogens with one attached hydrogen (secondary N) is 1. The lowest BCUT2D eigenvalue weighted by atomic mass is 10.1. The van der Waals surface area contributed by atoms with E-state index >= 15 is 0 Å². The summed E-state index contributed by atoms with van der Waals surface area (Å²) in [5, 5.41) is 20.1. The number of aliphatic carboxylic acids is 1. The quantitative estimate of drug-likeness (QED) is 0.525. The van der Waals surface area contributed by atoms with Crippen molar-refractivity contribution in [2.24, 2.45) is 0 Å². The van der Waals surface area contributed by atoms with Crippen LogP contribution in [0.25, 0.3) is 0 Å². The highest BCUT2D eigenvalue weighted by atomic mass is 16.4. The number of benzene rings is 1. The summed E-state index contributed by atoms with van der Waals surface area (Å²) in [6, 6.07) is 6.39. The van der Waals surface area contributed by atoms with E-state index in [9.17, 15) is 9.59 Å². The van der Waals surface area contributed by atoms with Crippen molar-refractivity contribution in [3.63, 3.8) is 0 Å². The minimum absolute atomic E-state index is 0.225. The highest BCUT2D eigenvalue weighted by molar-refractivity contribution is 5.87. The average molecular weight is 247 g/mol. The Balaban J connectivity index is 2.51. The fourth-order valence-electron chi connectivity index (χ4n) is 1.21. The van der Waals surface area contributed by atoms with Gasteiger partial charge in [-0.2, -0.15) is 0 Å². The third-order valence-corrected chi connectivity index (χ3v) is 2.15. The van der Waals surface area contributed by atoms with Crippen molar-refractivity contribution in [2.75, 3.05) is 0 Å². The van der Waals surface area contributed by atoms with Crippen LogP contribution in [0.4, 0.5) is 0 Å². The zero-order valence-electron chi connectivity index (χ0n) is 9.59. The first kappa shape index (κ1) is 13.5. The van der Waals surface area contributed by atoms with Gasteiger partial charge in [0.05, 0.1) is 5.56 Å². The molecule has 0 bridgehead atoms. The minimum atomic E-state index is -1.04. The molecule has 0 spiro atoms. The molecule has 0 heterocycles.